The van der Waals surface area contributed by atoms with Gasteiger partial charge in [0.05, 0.1) is 16.3 Å². The van der Waals surface area contributed by atoms with Crippen molar-refractivity contribution in [2.45, 2.75) is 37.6 Å². The van der Waals surface area contributed by atoms with Crippen LogP contribution >= 0.6 is 11.3 Å². The molecule has 1 atom stereocenters. The summed E-state index contributed by atoms with van der Waals surface area (Å²) in [6.07, 6.45) is 1.52. The zero-order valence-corrected chi connectivity index (χ0v) is 14.0. The van der Waals surface area contributed by atoms with E-state index in [2.05, 4.69) is 23.7 Å². The van der Waals surface area contributed by atoms with Gasteiger partial charge in [-0.15, -0.1) is 11.3 Å². The fraction of sp³-hybridized carbons (Fsp3) is 0.375. The first-order valence-electron chi connectivity index (χ1n) is 7.13. The van der Waals surface area contributed by atoms with Gasteiger partial charge in [0.25, 0.3) is 0 Å². The summed E-state index contributed by atoms with van der Waals surface area (Å²) in [5, 5.41) is 5.40. The van der Waals surface area contributed by atoms with Crippen LogP contribution < -0.4 is 5.32 Å². The highest BCUT2D eigenvalue weighted by Crippen LogP contribution is 2.24. The maximum absolute atomic E-state index is 12.3. The SMILES string of the molecule is CCCS(=O)(=O)c1ccccc1NC(C)Cc1cccs1. The van der Waals surface area contributed by atoms with Crippen molar-refractivity contribution in [3.05, 3.63) is 46.7 Å². The normalized spacial score (nSPS) is 13.0. The van der Waals surface area contributed by atoms with Gasteiger partial charge in [0, 0.05) is 17.3 Å². The highest BCUT2D eigenvalue weighted by Gasteiger charge is 2.18. The van der Waals surface area contributed by atoms with Gasteiger partial charge < -0.3 is 5.32 Å². The minimum atomic E-state index is -3.21. The lowest BCUT2D eigenvalue weighted by Crippen LogP contribution is -2.20. The van der Waals surface area contributed by atoms with Crippen LogP contribution in [0, 0.1) is 0 Å². The van der Waals surface area contributed by atoms with Crippen LogP contribution in [0.3, 0.4) is 0 Å². The van der Waals surface area contributed by atoms with Gasteiger partial charge in [-0.3, -0.25) is 0 Å². The van der Waals surface area contributed by atoms with Gasteiger partial charge in [0.2, 0.25) is 0 Å². The lowest BCUT2D eigenvalue weighted by Gasteiger charge is -2.17. The largest absolute Gasteiger partial charge is 0.381 e. The molecular weight excluding hydrogens is 302 g/mol. The first kappa shape index (κ1) is 16.0. The number of hydrogen-bond donors (Lipinski definition) is 1. The Morgan fingerprint density at radius 2 is 1.95 bits per heavy atom. The van der Waals surface area contributed by atoms with E-state index in [4.69, 9.17) is 0 Å². The highest BCUT2D eigenvalue weighted by atomic mass is 32.2. The molecule has 0 bridgehead atoms. The molecule has 0 fully saturated rings. The second-order valence-electron chi connectivity index (χ2n) is 5.14. The zero-order chi connectivity index (χ0) is 15.3. The molecule has 21 heavy (non-hydrogen) atoms. The van der Waals surface area contributed by atoms with Gasteiger partial charge in [-0.25, -0.2) is 8.42 Å². The third-order valence-corrected chi connectivity index (χ3v) is 6.05. The maximum Gasteiger partial charge on any atom is 0.180 e. The van der Waals surface area contributed by atoms with Crippen LogP contribution in [0.5, 0.6) is 0 Å². The van der Waals surface area contributed by atoms with Gasteiger partial charge in [-0.05, 0) is 36.9 Å². The molecule has 2 aromatic rings. The van der Waals surface area contributed by atoms with Crippen molar-refractivity contribution in [1.29, 1.82) is 0 Å². The fourth-order valence-electron chi connectivity index (χ4n) is 2.28. The molecule has 0 aliphatic carbocycles. The number of rotatable bonds is 7. The van der Waals surface area contributed by atoms with Crippen molar-refractivity contribution >= 4 is 26.9 Å². The maximum atomic E-state index is 12.3. The summed E-state index contributed by atoms with van der Waals surface area (Å²) in [7, 11) is -3.21. The van der Waals surface area contributed by atoms with E-state index in [1.54, 1.807) is 23.5 Å². The van der Waals surface area contributed by atoms with Crippen LogP contribution in [-0.4, -0.2) is 20.2 Å². The van der Waals surface area contributed by atoms with Crippen LogP contribution in [0.1, 0.15) is 25.1 Å². The lowest BCUT2D eigenvalue weighted by atomic mass is 10.2. The van der Waals surface area contributed by atoms with E-state index in [1.165, 1.54) is 4.88 Å². The molecule has 1 N–H and O–H groups in total. The number of para-hydroxylation sites is 1. The zero-order valence-electron chi connectivity index (χ0n) is 12.4. The van der Waals surface area contributed by atoms with Crippen molar-refractivity contribution in [3.63, 3.8) is 0 Å². The third-order valence-electron chi connectivity index (χ3n) is 3.18. The first-order valence-corrected chi connectivity index (χ1v) is 9.67. The van der Waals surface area contributed by atoms with Crippen molar-refractivity contribution in [2.24, 2.45) is 0 Å². The Labute approximate surface area is 130 Å². The number of anilines is 1. The topological polar surface area (TPSA) is 46.2 Å². The molecule has 3 nitrogen and oxygen atoms in total. The van der Waals surface area contributed by atoms with Crippen molar-refractivity contribution in [1.82, 2.24) is 0 Å². The van der Waals surface area contributed by atoms with Crippen LogP contribution in [0.15, 0.2) is 46.7 Å². The van der Waals surface area contributed by atoms with Crippen molar-refractivity contribution < 1.29 is 8.42 Å². The summed E-state index contributed by atoms with van der Waals surface area (Å²) in [6.45, 7) is 3.95. The molecule has 0 saturated heterocycles. The third kappa shape index (κ3) is 4.32. The number of nitrogens with one attached hydrogen (secondary N) is 1. The van der Waals surface area contributed by atoms with Gasteiger partial charge in [0.1, 0.15) is 0 Å². The molecule has 1 heterocycles. The van der Waals surface area contributed by atoms with E-state index in [0.29, 0.717) is 17.0 Å². The van der Waals surface area contributed by atoms with Crippen molar-refractivity contribution in [3.8, 4) is 0 Å². The van der Waals surface area contributed by atoms with E-state index in [1.807, 2.05) is 25.1 Å². The average molecular weight is 323 g/mol. The lowest BCUT2D eigenvalue weighted by molar-refractivity contribution is 0.595. The molecule has 1 aromatic heterocycles. The molecule has 1 aromatic carbocycles. The second kappa shape index (κ2) is 7.09. The van der Waals surface area contributed by atoms with E-state index >= 15 is 0 Å². The molecule has 0 radical (unpaired) electrons. The predicted octanol–water partition coefficient (Wildman–Crippen LogP) is 3.97. The van der Waals surface area contributed by atoms with Crippen molar-refractivity contribution in [2.75, 3.05) is 11.1 Å². The van der Waals surface area contributed by atoms with E-state index in [0.717, 1.165) is 6.42 Å². The first-order chi connectivity index (χ1) is 10.0. The van der Waals surface area contributed by atoms with Gasteiger partial charge >= 0.3 is 0 Å². The highest BCUT2D eigenvalue weighted by molar-refractivity contribution is 7.91. The molecule has 0 aliphatic rings. The monoisotopic (exact) mass is 323 g/mol. The standard InChI is InChI=1S/C16H21NO2S2/c1-3-11-21(18,19)16-9-5-4-8-15(16)17-13(2)12-14-7-6-10-20-14/h4-10,13,17H,3,11-12H2,1-2H3. The van der Waals surface area contributed by atoms with E-state index < -0.39 is 9.84 Å². The summed E-state index contributed by atoms with van der Waals surface area (Å²) in [5.41, 5.74) is 0.704. The summed E-state index contributed by atoms with van der Waals surface area (Å²) < 4.78 is 24.6. The predicted molar refractivity (Wildman–Crippen MR) is 89.9 cm³/mol. The number of sulfone groups is 1. The summed E-state index contributed by atoms with van der Waals surface area (Å²) in [5.74, 6) is 0.186. The fourth-order valence-corrected chi connectivity index (χ4v) is 4.62. The molecule has 5 heteroatoms. The Morgan fingerprint density at radius 1 is 1.19 bits per heavy atom. The molecule has 1 unspecified atom stereocenters. The molecule has 0 spiro atoms. The van der Waals surface area contributed by atoms with Crippen LogP contribution in [-0.2, 0) is 16.3 Å². The summed E-state index contributed by atoms with van der Waals surface area (Å²) >= 11 is 1.72. The molecule has 0 aliphatic heterocycles. The van der Waals surface area contributed by atoms with Crippen LogP contribution in [0.25, 0.3) is 0 Å². The molecule has 0 saturated carbocycles. The second-order valence-corrected chi connectivity index (χ2v) is 8.25. The molecule has 2 rings (SSSR count). The summed E-state index contributed by atoms with van der Waals surface area (Å²) in [4.78, 5) is 1.70. The van der Waals surface area contributed by atoms with Gasteiger partial charge in [-0.2, -0.15) is 0 Å². The number of thiophene rings is 1. The quantitative estimate of drug-likeness (QED) is 0.838. The summed E-state index contributed by atoms with van der Waals surface area (Å²) in [6, 6.07) is 11.5. The smallest absolute Gasteiger partial charge is 0.180 e. The van der Waals surface area contributed by atoms with Crippen LogP contribution in [0.4, 0.5) is 5.69 Å². The number of hydrogen-bond acceptors (Lipinski definition) is 4. The molecule has 0 amide bonds. The molecule has 114 valence electrons. The minimum absolute atomic E-state index is 0.182. The molecular formula is C16H21NO2S2. The Balaban J connectivity index is 2.17. The Kier molecular flexibility index (Phi) is 5.42. The van der Waals surface area contributed by atoms with E-state index in [-0.39, 0.29) is 11.8 Å². The minimum Gasteiger partial charge on any atom is -0.381 e. The number of benzene rings is 1. The van der Waals surface area contributed by atoms with Gasteiger partial charge in [0.15, 0.2) is 9.84 Å². The van der Waals surface area contributed by atoms with Gasteiger partial charge in [-0.1, -0.05) is 25.1 Å². The Bertz CT molecular complexity index is 663. The Morgan fingerprint density at radius 3 is 2.62 bits per heavy atom. The Hall–Kier alpha value is -1.33. The van der Waals surface area contributed by atoms with Crippen LogP contribution in [0.2, 0.25) is 0 Å². The van der Waals surface area contributed by atoms with E-state index in [9.17, 15) is 8.42 Å². The average Bonchev–Trinajstić information content (AvgIpc) is 2.91.